The van der Waals surface area contributed by atoms with E-state index in [0.717, 1.165) is 11.1 Å². The molecular weight excluding hydrogens is 312 g/mol. The van der Waals surface area contributed by atoms with Crippen LogP contribution in [0.15, 0.2) is 48.5 Å². The molecule has 2 aromatic rings. The summed E-state index contributed by atoms with van der Waals surface area (Å²) in [6.45, 7) is 2.27. The van der Waals surface area contributed by atoms with E-state index >= 15 is 0 Å². The van der Waals surface area contributed by atoms with E-state index in [4.69, 9.17) is 11.6 Å². The van der Waals surface area contributed by atoms with Crippen LogP contribution in [0.5, 0.6) is 0 Å². The second-order valence-electron chi connectivity index (χ2n) is 5.38. The fraction of sp³-hybridized carbons (Fsp3) is 0.222. The lowest BCUT2D eigenvalue weighted by molar-refractivity contribution is -0.129. The van der Waals surface area contributed by atoms with Gasteiger partial charge in [-0.2, -0.15) is 0 Å². The van der Waals surface area contributed by atoms with Gasteiger partial charge in [0.15, 0.2) is 0 Å². The zero-order valence-electron chi connectivity index (χ0n) is 13.2. The molecule has 1 N–H and O–H groups in total. The average molecular weight is 331 g/mol. The summed E-state index contributed by atoms with van der Waals surface area (Å²) in [5.74, 6) is -0.403. The van der Waals surface area contributed by atoms with E-state index in [1.54, 1.807) is 30.1 Å². The maximum absolute atomic E-state index is 12.1. The van der Waals surface area contributed by atoms with Crippen molar-refractivity contribution in [3.8, 4) is 0 Å². The number of carbonyl (C=O) groups excluding carboxylic acids is 2. The van der Waals surface area contributed by atoms with Crippen molar-refractivity contribution in [2.75, 3.05) is 13.6 Å². The van der Waals surface area contributed by atoms with Gasteiger partial charge in [-0.15, -0.1) is 0 Å². The first-order chi connectivity index (χ1) is 11.0. The van der Waals surface area contributed by atoms with Gasteiger partial charge in [0.1, 0.15) is 0 Å². The van der Waals surface area contributed by atoms with E-state index in [1.165, 1.54) is 0 Å². The summed E-state index contributed by atoms with van der Waals surface area (Å²) >= 11 is 5.93. The van der Waals surface area contributed by atoms with Crippen LogP contribution in [0.25, 0.3) is 0 Å². The zero-order chi connectivity index (χ0) is 16.8. The molecule has 0 saturated carbocycles. The molecule has 0 aliphatic carbocycles. The number of nitrogens with one attached hydrogen (secondary N) is 1. The van der Waals surface area contributed by atoms with E-state index in [9.17, 15) is 9.59 Å². The summed E-state index contributed by atoms with van der Waals surface area (Å²) in [7, 11) is 1.70. The van der Waals surface area contributed by atoms with Gasteiger partial charge in [0, 0.05) is 24.2 Å². The van der Waals surface area contributed by atoms with Gasteiger partial charge in [0.2, 0.25) is 5.91 Å². The quantitative estimate of drug-likeness (QED) is 0.916. The van der Waals surface area contributed by atoms with Crippen molar-refractivity contribution in [1.29, 1.82) is 0 Å². The fourth-order valence-electron chi connectivity index (χ4n) is 2.21. The molecule has 0 radical (unpaired) electrons. The maximum atomic E-state index is 12.1. The van der Waals surface area contributed by atoms with E-state index < -0.39 is 0 Å². The van der Waals surface area contributed by atoms with E-state index in [0.29, 0.717) is 17.1 Å². The molecule has 120 valence electrons. The molecular formula is C18H19ClN2O2. The van der Waals surface area contributed by atoms with Crippen molar-refractivity contribution < 1.29 is 9.59 Å². The lowest BCUT2D eigenvalue weighted by atomic mass is 10.1. The number of carbonyl (C=O) groups is 2. The van der Waals surface area contributed by atoms with E-state index in [1.807, 2.05) is 37.3 Å². The number of benzene rings is 2. The van der Waals surface area contributed by atoms with E-state index in [2.05, 4.69) is 5.32 Å². The van der Waals surface area contributed by atoms with Crippen LogP contribution in [0.4, 0.5) is 0 Å². The second-order valence-corrected chi connectivity index (χ2v) is 5.81. The Hall–Kier alpha value is -2.33. The molecule has 0 spiro atoms. The Bertz CT molecular complexity index is 716. The number of rotatable bonds is 5. The number of halogens is 1. The van der Waals surface area contributed by atoms with Gasteiger partial charge < -0.3 is 10.2 Å². The van der Waals surface area contributed by atoms with Crippen LogP contribution < -0.4 is 5.32 Å². The predicted molar refractivity (Wildman–Crippen MR) is 91.4 cm³/mol. The van der Waals surface area contributed by atoms with Crippen LogP contribution in [0.1, 0.15) is 21.5 Å². The third kappa shape index (κ3) is 4.83. The minimum atomic E-state index is -0.243. The SMILES string of the molecule is Cc1ccccc1C(=O)NCC(=O)N(C)Cc1cccc(Cl)c1. The Morgan fingerprint density at radius 2 is 1.87 bits per heavy atom. The molecule has 0 fully saturated rings. The van der Waals surface area contributed by atoms with Crippen LogP contribution in [-0.4, -0.2) is 30.3 Å². The first-order valence-electron chi connectivity index (χ1n) is 7.29. The topological polar surface area (TPSA) is 49.4 Å². The molecule has 0 bridgehead atoms. The number of amides is 2. The van der Waals surface area contributed by atoms with Crippen molar-refractivity contribution >= 4 is 23.4 Å². The Labute approximate surface area is 141 Å². The zero-order valence-corrected chi connectivity index (χ0v) is 13.9. The third-order valence-electron chi connectivity index (χ3n) is 3.52. The number of aryl methyl sites for hydroxylation is 1. The van der Waals surface area contributed by atoms with Crippen molar-refractivity contribution in [1.82, 2.24) is 10.2 Å². The summed E-state index contributed by atoms with van der Waals surface area (Å²) in [5, 5.41) is 3.30. The summed E-state index contributed by atoms with van der Waals surface area (Å²) in [4.78, 5) is 25.8. The predicted octanol–water partition coefficient (Wildman–Crippen LogP) is 3.04. The maximum Gasteiger partial charge on any atom is 0.251 e. The molecule has 4 nitrogen and oxygen atoms in total. The summed E-state index contributed by atoms with van der Waals surface area (Å²) in [6, 6.07) is 14.6. The third-order valence-corrected chi connectivity index (χ3v) is 3.76. The molecule has 2 aromatic carbocycles. The summed E-state index contributed by atoms with van der Waals surface area (Å²) < 4.78 is 0. The minimum Gasteiger partial charge on any atom is -0.343 e. The summed E-state index contributed by atoms with van der Waals surface area (Å²) in [6.07, 6.45) is 0. The fourth-order valence-corrected chi connectivity index (χ4v) is 2.42. The standard InChI is InChI=1S/C18H19ClN2O2/c1-13-6-3-4-9-16(13)18(23)20-11-17(22)21(2)12-14-7-5-8-15(19)10-14/h3-10H,11-12H2,1-2H3,(H,20,23). The van der Waals surface area contributed by atoms with Gasteiger partial charge in [-0.05, 0) is 36.2 Å². The van der Waals surface area contributed by atoms with Crippen molar-refractivity contribution in [3.05, 3.63) is 70.2 Å². The first kappa shape index (κ1) is 17.0. The van der Waals surface area contributed by atoms with Gasteiger partial charge >= 0.3 is 0 Å². The molecule has 0 aromatic heterocycles. The Kier molecular flexibility index (Phi) is 5.77. The molecule has 0 aliphatic rings. The van der Waals surface area contributed by atoms with Gasteiger partial charge in [-0.3, -0.25) is 9.59 Å². The van der Waals surface area contributed by atoms with Gasteiger partial charge in [0.05, 0.1) is 6.54 Å². The first-order valence-corrected chi connectivity index (χ1v) is 7.67. The second kappa shape index (κ2) is 7.79. The molecule has 23 heavy (non-hydrogen) atoms. The Morgan fingerprint density at radius 1 is 1.13 bits per heavy atom. The molecule has 0 atom stereocenters. The van der Waals surface area contributed by atoms with Crippen LogP contribution in [0.2, 0.25) is 5.02 Å². The van der Waals surface area contributed by atoms with Crippen LogP contribution in [0.3, 0.4) is 0 Å². The molecule has 0 unspecified atom stereocenters. The smallest absolute Gasteiger partial charge is 0.251 e. The minimum absolute atomic E-state index is 0.0375. The monoisotopic (exact) mass is 330 g/mol. The molecule has 0 heterocycles. The van der Waals surface area contributed by atoms with Crippen LogP contribution in [0, 0.1) is 6.92 Å². The highest BCUT2D eigenvalue weighted by Crippen LogP contribution is 2.12. The lowest BCUT2D eigenvalue weighted by Crippen LogP contribution is -2.38. The Balaban J connectivity index is 1.89. The molecule has 2 rings (SSSR count). The number of hydrogen-bond donors (Lipinski definition) is 1. The van der Waals surface area contributed by atoms with Crippen LogP contribution in [-0.2, 0) is 11.3 Å². The van der Waals surface area contributed by atoms with Gasteiger partial charge in [0.25, 0.3) is 5.91 Å². The van der Waals surface area contributed by atoms with Crippen LogP contribution >= 0.6 is 11.6 Å². The number of hydrogen-bond acceptors (Lipinski definition) is 2. The van der Waals surface area contributed by atoms with Gasteiger partial charge in [-0.25, -0.2) is 0 Å². The number of nitrogens with zero attached hydrogens (tertiary/aromatic N) is 1. The molecule has 0 saturated heterocycles. The molecule has 5 heteroatoms. The van der Waals surface area contributed by atoms with E-state index in [-0.39, 0.29) is 18.4 Å². The highest BCUT2D eigenvalue weighted by atomic mass is 35.5. The largest absolute Gasteiger partial charge is 0.343 e. The van der Waals surface area contributed by atoms with Crippen molar-refractivity contribution in [2.24, 2.45) is 0 Å². The van der Waals surface area contributed by atoms with Crippen molar-refractivity contribution in [3.63, 3.8) is 0 Å². The normalized spacial score (nSPS) is 10.2. The highest BCUT2D eigenvalue weighted by Gasteiger charge is 2.13. The van der Waals surface area contributed by atoms with Gasteiger partial charge in [-0.1, -0.05) is 41.9 Å². The lowest BCUT2D eigenvalue weighted by Gasteiger charge is -2.18. The Morgan fingerprint density at radius 3 is 2.57 bits per heavy atom. The molecule has 0 aliphatic heterocycles. The molecule has 2 amide bonds. The number of likely N-dealkylation sites (N-methyl/N-ethyl adjacent to an activating group) is 1. The average Bonchev–Trinajstić information content (AvgIpc) is 2.52. The van der Waals surface area contributed by atoms with Crippen molar-refractivity contribution in [2.45, 2.75) is 13.5 Å². The summed E-state index contributed by atoms with van der Waals surface area (Å²) in [5.41, 5.74) is 2.40. The highest BCUT2D eigenvalue weighted by molar-refractivity contribution is 6.30.